The van der Waals surface area contributed by atoms with Gasteiger partial charge < -0.3 is 0 Å². The standard InChI is InChI=1S/C29H31NO/c1-20(2)23-10-6-7-11-24(23)26-19-30(27-13-9-8-12-25(26)27)28(31)18-21-14-16-22(17-15-21)29(3,4)5/h6-17,19-20H,18H2,1-5H3. The quantitative estimate of drug-likeness (QED) is 0.340. The molecule has 0 spiro atoms. The molecule has 0 radical (unpaired) electrons. The maximum atomic E-state index is 13.3. The normalized spacial score (nSPS) is 11.9. The predicted molar refractivity (Wildman–Crippen MR) is 131 cm³/mol. The molecular formula is C29H31NO. The average molecular weight is 410 g/mol. The number of aromatic nitrogens is 1. The Bertz CT molecular complexity index is 1220. The van der Waals surface area contributed by atoms with Crippen LogP contribution >= 0.6 is 0 Å². The minimum absolute atomic E-state index is 0.0907. The van der Waals surface area contributed by atoms with Gasteiger partial charge in [-0.3, -0.25) is 9.36 Å². The van der Waals surface area contributed by atoms with Crippen molar-refractivity contribution in [3.63, 3.8) is 0 Å². The first kappa shape index (κ1) is 21.1. The van der Waals surface area contributed by atoms with Crippen LogP contribution in [0.1, 0.15) is 62.0 Å². The highest BCUT2D eigenvalue weighted by Gasteiger charge is 2.18. The molecule has 0 atom stereocenters. The van der Waals surface area contributed by atoms with E-state index in [9.17, 15) is 4.79 Å². The molecule has 0 amide bonds. The van der Waals surface area contributed by atoms with Crippen LogP contribution in [0.5, 0.6) is 0 Å². The maximum Gasteiger partial charge on any atom is 0.235 e. The number of hydrogen-bond donors (Lipinski definition) is 0. The minimum atomic E-state index is 0.0907. The third-order valence-electron chi connectivity index (χ3n) is 6.03. The van der Waals surface area contributed by atoms with Crippen molar-refractivity contribution in [1.82, 2.24) is 4.57 Å². The Labute approximate surface area is 185 Å². The van der Waals surface area contributed by atoms with E-state index < -0.39 is 0 Å². The van der Waals surface area contributed by atoms with Crippen LogP contribution in [-0.4, -0.2) is 10.5 Å². The molecule has 0 bridgehead atoms. The zero-order valence-electron chi connectivity index (χ0n) is 19.1. The lowest BCUT2D eigenvalue weighted by molar-refractivity contribution is 0.0919. The van der Waals surface area contributed by atoms with Crippen molar-refractivity contribution in [2.24, 2.45) is 0 Å². The molecule has 0 unspecified atom stereocenters. The van der Waals surface area contributed by atoms with E-state index in [0.29, 0.717) is 12.3 Å². The van der Waals surface area contributed by atoms with E-state index in [2.05, 4.69) is 89.2 Å². The summed E-state index contributed by atoms with van der Waals surface area (Å²) in [6.45, 7) is 11.0. The van der Waals surface area contributed by atoms with Crippen LogP contribution in [0.25, 0.3) is 22.0 Å². The molecular weight excluding hydrogens is 378 g/mol. The summed E-state index contributed by atoms with van der Waals surface area (Å²) in [7, 11) is 0. The van der Waals surface area contributed by atoms with Crippen LogP contribution in [-0.2, 0) is 11.8 Å². The van der Waals surface area contributed by atoms with Gasteiger partial charge >= 0.3 is 0 Å². The van der Waals surface area contributed by atoms with Crippen LogP contribution in [0.15, 0.2) is 79.0 Å². The van der Waals surface area contributed by atoms with Gasteiger partial charge in [-0.15, -0.1) is 0 Å². The first-order chi connectivity index (χ1) is 14.8. The number of nitrogens with zero attached hydrogens (tertiary/aromatic N) is 1. The summed E-state index contributed by atoms with van der Waals surface area (Å²) in [4.78, 5) is 13.3. The molecule has 0 aliphatic carbocycles. The number of fused-ring (bicyclic) bond motifs is 1. The third-order valence-corrected chi connectivity index (χ3v) is 6.03. The van der Waals surface area contributed by atoms with Gasteiger partial charge in [0, 0.05) is 17.1 Å². The second kappa shape index (κ2) is 8.19. The van der Waals surface area contributed by atoms with Crippen molar-refractivity contribution in [2.45, 2.75) is 52.4 Å². The molecule has 1 heterocycles. The Morgan fingerprint density at radius 1 is 0.839 bits per heavy atom. The predicted octanol–water partition coefficient (Wildman–Crippen LogP) is 7.61. The summed E-state index contributed by atoms with van der Waals surface area (Å²) < 4.78 is 1.83. The highest BCUT2D eigenvalue weighted by Crippen LogP contribution is 2.35. The second-order valence-electron chi connectivity index (χ2n) is 9.69. The molecule has 158 valence electrons. The monoisotopic (exact) mass is 409 g/mol. The topological polar surface area (TPSA) is 22.0 Å². The van der Waals surface area contributed by atoms with Crippen molar-refractivity contribution in [3.05, 3.63) is 95.7 Å². The molecule has 31 heavy (non-hydrogen) atoms. The number of carbonyl (C=O) groups is 1. The van der Waals surface area contributed by atoms with Gasteiger partial charge in [-0.05, 0) is 39.7 Å². The number of carbonyl (C=O) groups excluding carboxylic acids is 1. The van der Waals surface area contributed by atoms with Crippen molar-refractivity contribution >= 4 is 16.8 Å². The number of rotatable bonds is 4. The van der Waals surface area contributed by atoms with E-state index in [4.69, 9.17) is 0 Å². The van der Waals surface area contributed by atoms with Gasteiger partial charge in [-0.25, -0.2) is 0 Å². The van der Waals surface area contributed by atoms with E-state index in [1.165, 1.54) is 16.7 Å². The van der Waals surface area contributed by atoms with Gasteiger partial charge in [-0.2, -0.15) is 0 Å². The SMILES string of the molecule is CC(C)c1ccccc1-c1cn(C(=O)Cc2ccc(C(C)(C)C)cc2)c2ccccc12. The Morgan fingerprint density at radius 3 is 2.16 bits per heavy atom. The zero-order valence-corrected chi connectivity index (χ0v) is 19.1. The van der Waals surface area contributed by atoms with E-state index in [0.717, 1.165) is 22.0 Å². The second-order valence-corrected chi connectivity index (χ2v) is 9.69. The molecule has 2 heteroatoms. The molecule has 0 saturated heterocycles. The van der Waals surface area contributed by atoms with Crippen molar-refractivity contribution < 1.29 is 4.79 Å². The van der Waals surface area contributed by atoms with Crippen LogP contribution in [0.4, 0.5) is 0 Å². The van der Waals surface area contributed by atoms with Crippen LogP contribution in [0.3, 0.4) is 0 Å². The molecule has 2 nitrogen and oxygen atoms in total. The molecule has 0 fully saturated rings. The van der Waals surface area contributed by atoms with E-state index >= 15 is 0 Å². The molecule has 3 aromatic carbocycles. The van der Waals surface area contributed by atoms with Crippen molar-refractivity contribution in [1.29, 1.82) is 0 Å². The lowest BCUT2D eigenvalue weighted by Crippen LogP contribution is -2.13. The van der Waals surface area contributed by atoms with E-state index in [1.54, 1.807) is 0 Å². The largest absolute Gasteiger partial charge is 0.286 e. The molecule has 0 aliphatic heterocycles. The summed E-state index contributed by atoms with van der Waals surface area (Å²) >= 11 is 0. The van der Waals surface area contributed by atoms with Crippen LogP contribution in [0.2, 0.25) is 0 Å². The molecule has 1 aromatic heterocycles. The number of para-hydroxylation sites is 1. The van der Waals surface area contributed by atoms with Crippen molar-refractivity contribution in [2.75, 3.05) is 0 Å². The Balaban J connectivity index is 1.73. The van der Waals surface area contributed by atoms with Gasteiger partial charge in [0.15, 0.2) is 0 Å². The van der Waals surface area contributed by atoms with Crippen LogP contribution < -0.4 is 0 Å². The first-order valence-electron chi connectivity index (χ1n) is 11.1. The van der Waals surface area contributed by atoms with Gasteiger partial charge in [0.25, 0.3) is 0 Å². The molecule has 4 aromatic rings. The van der Waals surface area contributed by atoms with Crippen molar-refractivity contribution in [3.8, 4) is 11.1 Å². The van der Waals surface area contributed by atoms with Gasteiger partial charge in [0.05, 0.1) is 11.9 Å². The molecule has 0 N–H and O–H groups in total. The maximum absolute atomic E-state index is 13.3. The Morgan fingerprint density at radius 2 is 1.48 bits per heavy atom. The first-order valence-corrected chi connectivity index (χ1v) is 11.1. The summed E-state index contributed by atoms with van der Waals surface area (Å²) in [5, 5.41) is 1.12. The highest BCUT2D eigenvalue weighted by atomic mass is 16.2. The number of benzene rings is 3. The van der Waals surface area contributed by atoms with E-state index in [-0.39, 0.29) is 11.3 Å². The van der Waals surface area contributed by atoms with Gasteiger partial charge in [-0.1, -0.05) is 101 Å². The smallest absolute Gasteiger partial charge is 0.235 e. The van der Waals surface area contributed by atoms with Gasteiger partial charge in [0.1, 0.15) is 0 Å². The highest BCUT2D eigenvalue weighted by molar-refractivity contribution is 6.02. The lowest BCUT2D eigenvalue weighted by Gasteiger charge is -2.19. The summed E-state index contributed by atoms with van der Waals surface area (Å²) in [5.74, 6) is 0.503. The molecule has 4 rings (SSSR count). The Kier molecular flexibility index (Phi) is 5.58. The summed E-state index contributed by atoms with van der Waals surface area (Å²) in [6.07, 6.45) is 2.41. The summed E-state index contributed by atoms with van der Waals surface area (Å²) in [6, 6.07) is 25.2. The fraction of sp³-hybridized carbons (Fsp3) is 0.276. The third kappa shape index (κ3) is 4.20. The molecule has 0 saturated carbocycles. The average Bonchev–Trinajstić information content (AvgIpc) is 3.13. The lowest BCUT2D eigenvalue weighted by atomic mass is 9.86. The summed E-state index contributed by atoms with van der Waals surface area (Å²) in [5.41, 5.74) is 7.02. The zero-order chi connectivity index (χ0) is 22.2. The Hall–Kier alpha value is -3.13. The van der Waals surface area contributed by atoms with E-state index in [1.807, 2.05) is 29.0 Å². The fourth-order valence-corrected chi connectivity index (χ4v) is 4.23. The van der Waals surface area contributed by atoms with Crippen LogP contribution in [0, 0.1) is 0 Å². The minimum Gasteiger partial charge on any atom is -0.286 e. The molecule has 0 aliphatic rings. The fourth-order valence-electron chi connectivity index (χ4n) is 4.23. The van der Waals surface area contributed by atoms with Gasteiger partial charge in [0.2, 0.25) is 5.91 Å². The number of hydrogen-bond acceptors (Lipinski definition) is 1.